The van der Waals surface area contributed by atoms with Crippen LogP contribution in [0.5, 0.6) is 0 Å². The molecule has 3 aromatic rings. The third kappa shape index (κ3) is 11.8. The number of pyridine rings is 1. The number of ether oxygens (including phenoxy) is 3. The van der Waals surface area contributed by atoms with Gasteiger partial charge in [-0.15, -0.1) is 0 Å². The summed E-state index contributed by atoms with van der Waals surface area (Å²) in [5.74, 6) is -0.542. The third-order valence-electron chi connectivity index (χ3n) is 5.40. The lowest BCUT2D eigenvalue weighted by Crippen LogP contribution is -2.30. The van der Waals surface area contributed by atoms with Gasteiger partial charge in [0.15, 0.2) is 0 Å². The van der Waals surface area contributed by atoms with Crippen molar-refractivity contribution in [1.29, 1.82) is 0 Å². The van der Waals surface area contributed by atoms with Crippen molar-refractivity contribution in [2.75, 3.05) is 25.6 Å². The summed E-state index contributed by atoms with van der Waals surface area (Å²) in [5.41, 5.74) is 9.77. The van der Waals surface area contributed by atoms with E-state index in [-0.39, 0.29) is 31.2 Å². The molecule has 3 amide bonds. The van der Waals surface area contributed by atoms with Crippen molar-refractivity contribution in [2.24, 2.45) is 11.5 Å². The van der Waals surface area contributed by atoms with Crippen molar-refractivity contribution < 1.29 is 33.4 Å². The minimum Gasteiger partial charge on any atom is -0.447 e. The van der Waals surface area contributed by atoms with Gasteiger partial charge in [0, 0.05) is 19.7 Å². The molecule has 43 heavy (non-hydrogen) atoms. The number of hydrogen-bond acceptors (Lipinski definition) is 9. The number of rotatable bonds is 11. The molecule has 2 aromatic heterocycles. The number of primary amides is 2. The Hall–Kier alpha value is -4.98. The zero-order valence-corrected chi connectivity index (χ0v) is 24.7. The van der Waals surface area contributed by atoms with Gasteiger partial charge in [0.2, 0.25) is 11.8 Å². The summed E-state index contributed by atoms with van der Waals surface area (Å²) in [5, 5.41) is 2.62. The molecule has 5 N–H and O–H groups in total. The van der Waals surface area contributed by atoms with Crippen LogP contribution in [0, 0.1) is 0 Å². The number of para-hydroxylation sites is 2. The number of allylic oxidation sites excluding steroid dienone is 1. The van der Waals surface area contributed by atoms with Crippen LogP contribution in [0.4, 0.5) is 15.3 Å². The zero-order valence-electron chi connectivity index (χ0n) is 24.7. The molecule has 3 rings (SSSR count). The number of nitrogens with zero attached hydrogens (tertiary/aromatic N) is 3. The molecule has 0 bridgehead atoms. The first-order valence-corrected chi connectivity index (χ1v) is 13.4. The maximum atomic E-state index is 13.0. The molecule has 0 radical (unpaired) electrons. The van der Waals surface area contributed by atoms with Crippen LogP contribution in [0.25, 0.3) is 11.0 Å². The van der Waals surface area contributed by atoms with Gasteiger partial charge in [-0.05, 0) is 64.0 Å². The van der Waals surface area contributed by atoms with Gasteiger partial charge in [0.1, 0.15) is 23.7 Å². The van der Waals surface area contributed by atoms with Crippen LogP contribution in [-0.4, -0.2) is 64.0 Å². The van der Waals surface area contributed by atoms with Gasteiger partial charge in [-0.1, -0.05) is 18.2 Å². The first kappa shape index (κ1) is 34.2. The number of benzene rings is 1. The first-order chi connectivity index (χ1) is 20.3. The molecule has 0 unspecified atom stereocenters. The highest BCUT2D eigenvalue weighted by Gasteiger charge is 2.23. The SMILES string of the molecule is CC(C)(C)OC(=O)n1c(Cn2cccc(NC(=O)CCC/C=C/C(N)=O)c2=O)nc2ccccc21.COCCOC(N)=O. The smallest absolute Gasteiger partial charge is 0.420 e. The first-order valence-electron chi connectivity index (χ1n) is 13.4. The average molecular weight is 599 g/mol. The minimum absolute atomic E-state index is 0.00558. The lowest BCUT2D eigenvalue weighted by atomic mass is 10.2. The van der Waals surface area contributed by atoms with Gasteiger partial charge >= 0.3 is 12.2 Å². The van der Waals surface area contributed by atoms with Gasteiger partial charge < -0.3 is 35.6 Å². The standard InChI is InChI=1S/C25H29N5O5.C4H9NO3/c1-25(2,3)35-24(34)30-19-12-8-7-10-17(19)27-21(30)16-29-15-9-11-18(23(29)33)28-22(32)14-6-4-5-13-20(26)31;1-7-2-3-8-4(5)6/h5,7-13,15H,4,6,14,16H2,1-3H3,(H2,26,31)(H,28,32);2-3H2,1H3,(H2,5,6)/b13-5+;. The molecule has 0 spiro atoms. The molecular formula is C29H38N6O8. The predicted octanol–water partition coefficient (Wildman–Crippen LogP) is 2.91. The van der Waals surface area contributed by atoms with Gasteiger partial charge in [-0.25, -0.2) is 19.1 Å². The number of imidazole rings is 1. The molecule has 0 fully saturated rings. The van der Waals surface area contributed by atoms with Gasteiger partial charge in [-0.3, -0.25) is 14.4 Å². The monoisotopic (exact) mass is 598 g/mol. The topological polar surface area (TPSA) is 200 Å². The second-order valence-electron chi connectivity index (χ2n) is 10.1. The van der Waals surface area contributed by atoms with Gasteiger partial charge in [-0.2, -0.15) is 0 Å². The molecule has 0 atom stereocenters. The van der Waals surface area contributed by atoms with Crippen LogP contribution in [0.2, 0.25) is 0 Å². The van der Waals surface area contributed by atoms with Crippen LogP contribution in [0.1, 0.15) is 45.9 Å². The average Bonchev–Trinajstić information content (AvgIpc) is 3.28. The highest BCUT2D eigenvalue weighted by Crippen LogP contribution is 2.19. The van der Waals surface area contributed by atoms with Crippen LogP contribution < -0.4 is 22.3 Å². The largest absolute Gasteiger partial charge is 0.447 e. The molecule has 14 heteroatoms. The number of carbonyl (C=O) groups excluding carboxylic acids is 4. The Bertz CT molecular complexity index is 1500. The zero-order chi connectivity index (χ0) is 32.0. The summed E-state index contributed by atoms with van der Waals surface area (Å²) in [6.45, 7) is 5.93. The van der Waals surface area contributed by atoms with Crippen LogP contribution >= 0.6 is 0 Å². The van der Waals surface area contributed by atoms with Crippen molar-refractivity contribution in [2.45, 2.75) is 52.2 Å². The Morgan fingerprint density at radius 1 is 1.05 bits per heavy atom. The van der Waals surface area contributed by atoms with E-state index in [1.54, 1.807) is 57.3 Å². The molecule has 0 aliphatic rings. The predicted molar refractivity (Wildman–Crippen MR) is 159 cm³/mol. The molecule has 2 heterocycles. The molecule has 0 saturated heterocycles. The fourth-order valence-electron chi connectivity index (χ4n) is 3.62. The molecule has 14 nitrogen and oxygen atoms in total. The van der Waals surface area contributed by atoms with Crippen LogP contribution in [0.3, 0.4) is 0 Å². The molecule has 0 saturated carbocycles. The third-order valence-corrected chi connectivity index (χ3v) is 5.40. The Morgan fingerprint density at radius 3 is 2.42 bits per heavy atom. The number of anilines is 1. The number of methoxy groups -OCH3 is 1. The number of nitrogens with one attached hydrogen (secondary N) is 1. The van der Waals surface area contributed by atoms with Crippen molar-refractivity contribution in [1.82, 2.24) is 14.1 Å². The van der Waals surface area contributed by atoms with Crippen LogP contribution in [-0.2, 0) is 30.3 Å². The summed E-state index contributed by atoms with van der Waals surface area (Å²) >= 11 is 0. The normalized spacial score (nSPS) is 11.1. The van der Waals surface area contributed by atoms with E-state index in [2.05, 4.69) is 25.5 Å². The van der Waals surface area contributed by atoms with E-state index in [1.165, 1.54) is 28.4 Å². The number of carbonyl (C=O) groups is 4. The molecule has 0 aliphatic heterocycles. The van der Waals surface area contributed by atoms with E-state index in [9.17, 15) is 24.0 Å². The molecule has 0 aliphatic carbocycles. The lowest BCUT2D eigenvalue weighted by molar-refractivity contribution is -0.116. The van der Waals surface area contributed by atoms with E-state index >= 15 is 0 Å². The van der Waals surface area contributed by atoms with Crippen molar-refractivity contribution in [3.8, 4) is 0 Å². The maximum Gasteiger partial charge on any atom is 0.420 e. The Balaban J connectivity index is 0.000000708. The van der Waals surface area contributed by atoms with Crippen molar-refractivity contribution in [3.05, 3.63) is 70.9 Å². The Morgan fingerprint density at radius 2 is 1.77 bits per heavy atom. The van der Waals surface area contributed by atoms with E-state index in [1.807, 2.05) is 6.07 Å². The summed E-state index contributed by atoms with van der Waals surface area (Å²) in [6, 6.07) is 10.3. The summed E-state index contributed by atoms with van der Waals surface area (Å²) < 4.78 is 17.1. The van der Waals surface area contributed by atoms with Gasteiger partial charge in [0.05, 0.1) is 24.2 Å². The number of amides is 3. The fraction of sp³-hybridized carbons (Fsp3) is 0.379. The number of unbranched alkanes of at least 4 members (excludes halogenated alkanes) is 1. The Kier molecular flexibility index (Phi) is 13.1. The maximum absolute atomic E-state index is 13.0. The number of fused-ring (bicyclic) bond motifs is 1. The highest BCUT2D eigenvalue weighted by molar-refractivity contribution is 5.90. The summed E-state index contributed by atoms with van der Waals surface area (Å²) in [7, 11) is 1.52. The molecular weight excluding hydrogens is 560 g/mol. The van der Waals surface area contributed by atoms with E-state index < -0.39 is 29.3 Å². The van der Waals surface area contributed by atoms with Crippen molar-refractivity contribution in [3.63, 3.8) is 0 Å². The fourth-order valence-corrected chi connectivity index (χ4v) is 3.62. The van der Waals surface area contributed by atoms with Crippen molar-refractivity contribution >= 4 is 40.7 Å². The van der Waals surface area contributed by atoms with E-state index in [0.29, 0.717) is 36.3 Å². The quantitative estimate of drug-likeness (QED) is 0.219. The molecule has 232 valence electrons. The second-order valence-corrected chi connectivity index (χ2v) is 10.1. The summed E-state index contributed by atoms with van der Waals surface area (Å²) in [4.78, 5) is 63.3. The van der Waals surface area contributed by atoms with Crippen LogP contribution in [0.15, 0.2) is 59.5 Å². The lowest BCUT2D eigenvalue weighted by Gasteiger charge is -2.20. The Labute approximate surface area is 248 Å². The summed E-state index contributed by atoms with van der Waals surface area (Å²) in [6.07, 6.45) is 4.23. The second kappa shape index (κ2) is 16.5. The molecule has 1 aromatic carbocycles. The number of aromatic nitrogens is 3. The number of nitrogens with two attached hydrogens (primary N) is 2. The van der Waals surface area contributed by atoms with E-state index in [0.717, 1.165) is 0 Å². The van der Waals surface area contributed by atoms with Gasteiger partial charge in [0.25, 0.3) is 5.56 Å². The number of hydrogen-bond donors (Lipinski definition) is 3. The minimum atomic E-state index is -0.762. The van der Waals surface area contributed by atoms with E-state index in [4.69, 9.17) is 10.5 Å². The highest BCUT2D eigenvalue weighted by atomic mass is 16.6.